The van der Waals surface area contributed by atoms with Gasteiger partial charge in [-0.05, 0) is 48.1 Å². The molecule has 13 heteroatoms. The molecule has 44 heavy (non-hydrogen) atoms. The van der Waals surface area contributed by atoms with Crippen molar-refractivity contribution in [2.75, 3.05) is 24.7 Å². The van der Waals surface area contributed by atoms with Crippen LogP contribution in [-0.2, 0) is 19.1 Å². The molecular weight excluding hydrogens is 599 g/mol. The first-order valence-corrected chi connectivity index (χ1v) is 15.6. The summed E-state index contributed by atoms with van der Waals surface area (Å²) in [6, 6.07) is 13.0. The van der Waals surface area contributed by atoms with Gasteiger partial charge in [0.2, 0.25) is 5.91 Å². The normalized spacial score (nSPS) is 19.4. The quantitative estimate of drug-likeness (QED) is 0.104. The third kappa shape index (κ3) is 14.7. The average molecular weight is 645 g/mol. The molecule has 3 rings (SSSR count). The molecule has 0 aromatic heterocycles. The largest absolute Gasteiger partial charge is 1.00 e. The molecule has 0 bridgehead atoms. The van der Waals surface area contributed by atoms with E-state index in [0.29, 0.717) is 17.7 Å². The number of para-hydroxylation sites is 1. The van der Waals surface area contributed by atoms with Crippen molar-refractivity contribution < 1.29 is 73.8 Å². The van der Waals surface area contributed by atoms with Crippen molar-refractivity contribution >= 4 is 30.0 Å². The van der Waals surface area contributed by atoms with Crippen LogP contribution < -0.4 is 45.3 Å². The van der Waals surface area contributed by atoms with Crippen LogP contribution in [0, 0.1) is 0 Å². The van der Waals surface area contributed by atoms with Crippen LogP contribution in [0.4, 0.5) is 0 Å². The van der Waals surface area contributed by atoms with Crippen LogP contribution in [0.1, 0.15) is 57.3 Å². The molecule has 5 N–H and O–H groups in total. The number of carboxylic acid groups (broad SMARTS) is 1. The van der Waals surface area contributed by atoms with E-state index in [-0.39, 0.29) is 66.5 Å². The second-order valence-corrected chi connectivity index (χ2v) is 10.7. The minimum absolute atomic E-state index is 0. The smallest absolute Gasteiger partial charge is 0.554 e. The van der Waals surface area contributed by atoms with Crippen molar-refractivity contribution in [2.24, 2.45) is 0 Å². The maximum atomic E-state index is 12.6. The van der Waals surface area contributed by atoms with Gasteiger partial charge in [-0.25, -0.2) is 0 Å². The van der Waals surface area contributed by atoms with Crippen LogP contribution in [-0.4, -0.2) is 88.9 Å². The molecule has 11 nitrogen and oxygen atoms in total. The van der Waals surface area contributed by atoms with Gasteiger partial charge in [0.1, 0.15) is 11.9 Å². The Labute approximate surface area is 286 Å². The molecule has 240 valence electrons. The number of carbonyl (C=O) groups is 3. The zero-order valence-electron chi connectivity index (χ0n) is 26.2. The van der Waals surface area contributed by atoms with Crippen LogP contribution in [0.3, 0.4) is 0 Å². The van der Waals surface area contributed by atoms with E-state index in [1.807, 2.05) is 31.7 Å². The topological polar surface area (TPSA) is 177 Å². The number of aliphatic hydroxyl groups is 2. The maximum Gasteiger partial charge on any atom is 1.00 e. The van der Waals surface area contributed by atoms with Crippen LogP contribution in [0.2, 0.25) is 0 Å². The number of carbonyl (C=O) groups excluding carboxylic acids is 3. The summed E-state index contributed by atoms with van der Waals surface area (Å²) < 4.78 is 11.7. The van der Waals surface area contributed by atoms with E-state index in [1.54, 1.807) is 42.5 Å². The van der Waals surface area contributed by atoms with E-state index in [4.69, 9.17) is 19.4 Å². The fourth-order valence-corrected chi connectivity index (χ4v) is 4.98. The summed E-state index contributed by atoms with van der Waals surface area (Å²) in [6.07, 6.45) is -2.42. The average Bonchev–Trinajstić information content (AvgIpc) is 2.99. The van der Waals surface area contributed by atoms with E-state index >= 15 is 0 Å². The maximum absolute atomic E-state index is 12.6. The number of hydrogen-bond donors (Lipinski definition) is 5. The van der Waals surface area contributed by atoms with Gasteiger partial charge in [-0.15, -0.1) is 0 Å². The monoisotopic (exact) mass is 644 g/mol. The van der Waals surface area contributed by atoms with Gasteiger partial charge in [0.25, 0.3) is 5.91 Å². The van der Waals surface area contributed by atoms with Crippen molar-refractivity contribution in [1.82, 2.24) is 10.6 Å². The number of ether oxygens (including phenoxy) is 2. The standard InChI is InChI=1S/C28H38N2O7S.C2H6.CH2O2.Na/c1-3-38-16-6-15-36-25-17-24(34)26(30-18(2)31)27(37-25)23(33)13-14-29-28(35)20-11-9-19(10-12-20)21-7-4-5-8-22(21)32;1-2;2-1-3;/h4-5,7-12,23-27,32-34H,3,6,13-17H2,1-2H3,(H,29,35)(H,30,31);1-2H3;1H,(H,2,3);/q;;;+1/p-1/t23?,24?,25?,26-,27?;;;/m1.../s1. The Morgan fingerprint density at radius 1 is 1.18 bits per heavy atom. The van der Waals surface area contributed by atoms with E-state index in [2.05, 4.69) is 17.6 Å². The molecular formula is C31H45N2NaO9S. The fourth-order valence-electron chi connectivity index (χ4n) is 4.37. The number of aromatic hydroxyl groups is 1. The Balaban J connectivity index is 0.00000290. The van der Waals surface area contributed by atoms with Gasteiger partial charge < -0.3 is 45.3 Å². The first-order valence-electron chi connectivity index (χ1n) is 14.4. The molecule has 1 aliphatic heterocycles. The van der Waals surface area contributed by atoms with Crippen LogP contribution in [0.5, 0.6) is 5.75 Å². The second kappa shape index (κ2) is 24.1. The predicted octanol–water partition coefficient (Wildman–Crippen LogP) is -0.923. The molecule has 0 spiro atoms. The molecule has 0 radical (unpaired) electrons. The molecule has 5 atom stereocenters. The van der Waals surface area contributed by atoms with Gasteiger partial charge in [-0.3, -0.25) is 9.59 Å². The number of phenols is 1. The zero-order chi connectivity index (χ0) is 32.2. The summed E-state index contributed by atoms with van der Waals surface area (Å²) in [4.78, 5) is 32.6. The Morgan fingerprint density at radius 3 is 2.41 bits per heavy atom. The molecule has 1 aliphatic rings. The number of phenolic OH excluding ortho intramolecular Hbond substituents is 1. The minimum atomic E-state index is -1.06. The van der Waals surface area contributed by atoms with Gasteiger partial charge in [0.15, 0.2) is 6.29 Å². The summed E-state index contributed by atoms with van der Waals surface area (Å²) in [5.74, 6) is 1.51. The Hall–Kier alpha value is -2.16. The van der Waals surface area contributed by atoms with Gasteiger partial charge >= 0.3 is 29.6 Å². The molecule has 1 saturated heterocycles. The number of thioether (sulfide) groups is 1. The molecule has 1 heterocycles. The number of nitrogens with one attached hydrogen (secondary N) is 2. The number of amides is 2. The Morgan fingerprint density at radius 2 is 1.82 bits per heavy atom. The van der Waals surface area contributed by atoms with Gasteiger partial charge in [0, 0.05) is 37.5 Å². The van der Waals surface area contributed by atoms with Crippen molar-refractivity contribution in [2.45, 2.75) is 77.6 Å². The Bertz CT molecular complexity index is 1090. The zero-order valence-corrected chi connectivity index (χ0v) is 29.0. The van der Waals surface area contributed by atoms with Crippen molar-refractivity contribution in [3.63, 3.8) is 0 Å². The van der Waals surface area contributed by atoms with Gasteiger partial charge in [0.05, 0.1) is 24.9 Å². The van der Waals surface area contributed by atoms with E-state index in [9.17, 15) is 24.9 Å². The second-order valence-electron chi connectivity index (χ2n) is 9.28. The Kier molecular flexibility index (Phi) is 22.9. The molecule has 0 saturated carbocycles. The molecule has 4 unspecified atom stereocenters. The van der Waals surface area contributed by atoms with Crippen molar-refractivity contribution in [3.05, 3.63) is 54.1 Å². The summed E-state index contributed by atoms with van der Waals surface area (Å²) >= 11 is 1.82. The molecule has 2 amide bonds. The number of benzene rings is 2. The van der Waals surface area contributed by atoms with Crippen molar-refractivity contribution in [1.29, 1.82) is 0 Å². The molecule has 2 aromatic carbocycles. The molecule has 0 aliphatic carbocycles. The fraction of sp³-hybridized carbons (Fsp3) is 0.516. The number of rotatable bonds is 13. The van der Waals surface area contributed by atoms with E-state index in [1.165, 1.54) is 6.92 Å². The first kappa shape index (κ1) is 41.8. The van der Waals surface area contributed by atoms with Gasteiger partial charge in [-0.1, -0.05) is 51.1 Å². The van der Waals surface area contributed by atoms with E-state index < -0.39 is 37.1 Å². The third-order valence-corrected chi connectivity index (χ3v) is 7.27. The van der Waals surface area contributed by atoms with Crippen LogP contribution >= 0.6 is 11.8 Å². The molecule has 1 fully saturated rings. The van der Waals surface area contributed by atoms with Crippen molar-refractivity contribution in [3.8, 4) is 16.9 Å². The summed E-state index contributed by atoms with van der Waals surface area (Å²) in [5.41, 5.74) is 1.90. The van der Waals surface area contributed by atoms with Crippen LogP contribution in [0.15, 0.2) is 48.5 Å². The van der Waals surface area contributed by atoms with E-state index in [0.717, 1.165) is 23.5 Å². The predicted molar refractivity (Wildman–Crippen MR) is 164 cm³/mol. The van der Waals surface area contributed by atoms with Crippen LogP contribution in [0.25, 0.3) is 11.1 Å². The summed E-state index contributed by atoms with van der Waals surface area (Å²) in [7, 11) is 0. The minimum Gasteiger partial charge on any atom is -0.554 e. The summed E-state index contributed by atoms with van der Waals surface area (Å²) in [6.45, 7) is 7.56. The SMILES string of the molecule is CC.CCSCCCOC1CC(O)[C@@H](NC(C)=O)C(C(O)CCNC(=O)c2ccc(-c3ccccc3O)cc2)O1.O=C[O-].[Na+]. The third-order valence-electron chi connectivity index (χ3n) is 6.29. The summed E-state index contributed by atoms with van der Waals surface area (Å²) in [5, 5.41) is 45.3. The molecule has 2 aromatic rings. The first-order chi connectivity index (χ1) is 20.7. The number of aliphatic hydroxyl groups excluding tert-OH is 2. The number of hydrogen-bond acceptors (Lipinski definition) is 10. The van der Waals surface area contributed by atoms with Gasteiger partial charge in [-0.2, -0.15) is 11.8 Å².